The summed E-state index contributed by atoms with van der Waals surface area (Å²) in [5.74, 6) is 0.350. The number of likely N-dealkylation sites (N-methyl/N-ethyl adjacent to an activating group) is 1. The van der Waals surface area contributed by atoms with E-state index in [0.717, 1.165) is 0 Å². The van der Waals surface area contributed by atoms with Crippen molar-refractivity contribution in [1.29, 1.82) is 0 Å². The molecule has 0 saturated heterocycles. The van der Waals surface area contributed by atoms with Gasteiger partial charge in [0.15, 0.2) is 0 Å². The maximum atomic E-state index is 11.8. The molecule has 0 aliphatic heterocycles. The van der Waals surface area contributed by atoms with Gasteiger partial charge >= 0.3 is 0 Å². The highest BCUT2D eigenvalue weighted by atomic mass is 16.6. The maximum Gasteiger partial charge on any atom is 0.273 e. The second-order valence-corrected chi connectivity index (χ2v) is 5.39. The van der Waals surface area contributed by atoms with Crippen molar-refractivity contribution in [3.05, 3.63) is 39.9 Å². The lowest BCUT2D eigenvalue weighted by atomic mass is 10.1. The number of benzene rings is 1. The summed E-state index contributed by atoms with van der Waals surface area (Å²) < 4.78 is 0. The fourth-order valence-electron chi connectivity index (χ4n) is 1.92. The number of nitrogens with one attached hydrogen (secondary N) is 1. The van der Waals surface area contributed by atoms with Crippen LogP contribution in [0.25, 0.3) is 0 Å². The van der Waals surface area contributed by atoms with Crippen molar-refractivity contribution in [2.45, 2.75) is 27.3 Å². The number of para-hydroxylation sites is 1. The summed E-state index contributed by atoms with van der Waals surface area (Å²) in [6.07, 6.45) is 0. The number of hydrogen-bond acceptors (Lipinski definition) is 4. The monoisotopic (exact) mass is 293 g/mol. The largest absolute Gasteiger partial charge is 0.355 e. The summed E-state index contributed by atoms with van der Waals surface area (Å²) >= 11 is 0. The van der Waals surface area contributed by atoms with Gasteiger partial charge in [0.1, 0.15) is 0 Å². The van der Waals surface area contributed by atoms with E-state index in [1.165, 1.54) is 6.07 Å². The zero-order valence-corrected chi connectivity index (χ0v) is 12.8. The van der Waals surface area contributed by atoms with Crippen molar-refractivity contribution in [3.63, 3.8) is 0 Å². The first-order valence-electron chi connectivity index (χ1n) is 7.15. The second-order valence-electron chi connectivity index (χ2n) is 5.39. The van der Waals surface area contributed by atoms with Crippen molar-refractivity contribution < 1.29 is 9.72 Å². The summed E-state index contributed by atoms with van der Waals surface area (Å²) in [5, 5.41) is 13.9. The maximum absolute atomic E-state index is 11.8. The van der Waals surface area contributed by atoms with E-state index >= 15 is 0 Å². The molecule has 1 aromatic carbocycles. The fraction of sp³-hybridized carbons (Fsp3) is 0.533. The Morgan fingerprint density at radius 3 is 2.62 bits per heavy atom. The van der Waals surface area contributed by atoms with E-state index in [1.807, 2.05) is 25.7 Å². The topological polar surface area (TPSA) is 75.5 Å². The van der Waals surface area contributed by atoms with E-state index in [-0.39, 0.29) is 23.1 Å². The average Bonchev–Trinajstić information content (AvgIpc) is 2.44. The number of nitro groups is 1. The van der Waals surface area contributed by atoms with Gasteiger partial charge in [0.25, 0.3) is 5.69 Å². The van der Waals surface area contributed by atoms with Crippen LogP contribution in [0.1, 0.15) is 26.3 Å². The van der Waals surface area contributed by atoms with Crippen LogP contribution in [0.4, 0.5) is 5.69 Å². The molecule has 0 unspecified atom stereocenters. The minimum absolute atomic E-state index is 0.0517. The van der Waals surface area contributed by atoms with Crippen molar-refractivity contribution in [2.24, 2.45) is 5.92 Å². The van der Waals surface area contributed by atoms with E-state index in [2.05, 4.69) is 5.32 Å². The summed E-state index contributed by atoms with van der Waals surface area (Å²) in [7, 11) is 0. The molecule has 0 spiro atoms. The Hall–Kier alpha value is -1.95. The molecular formula is C15H23N3O3. The predicted molar refractivity (Wildman–Crippen MR) is 81.9 cm³/mol. The standard InChI is InChI=1S/C15H23N3O3/c1-4-17(11-15(19)16-9-12(2)3)10-13-7-5-6-8-14(13)18(20)21/h5-8,12H,4,9-11H2,1-3H3,(H,16,19). The van der Waals surface area contributed by atoms with E-state index in [1.54, 1.807) is 18.2 Å². The number of hydrogen-bond donors (Lipinski definition) is 1. The molecule has 0 aromatic heterocycles. The Balaban J connectivity index is 2.66. The van der Waals surface area contributed by atoms with Gasteiger partial charge in [-0.25, -0.2) is 0 Å². The van der Waals surface area contributed by atoms with Crippen LogP contribution in [-0.2, 0) is 11.3 Å². The van der Waals surface area contributed by atoms with Crippen LogP contribution in [0.2, 0.25) is 0 Å². The first kappa shape index (κ1) is 17.1. The SMILES string of the molecule is CCN(CC(=O)NCC(C)C)Cc1ccccc1[N+](=O)[O-]. The molecule has 6 heteroatoms. The summed E-state index contributed by atoms with van der Waals surface area (Å²) in [4.78, 5) is 24.3. The number of carbonyl (C=O) groups is 1. The molecule has 0 aliphatic carbocycles. The molecule has 116 valence electrons. The fourth-order valence-corrected chi connectivity index (χ4v) is 1.92. The predicted octanol–water partition coefficient (Wildman–Crippen LogP) is 2.19. The van der Waals surface area contributed by atoms with Crippen molar-refractivity contribution in [1.82, 2.24) is 10.2 Å². The molecule has 0 saturated carbocycles. The molecule has 1 aromatic rings. The van der Waals surface area contributed by atoms with Gasteiger partial charge in [-0.05, 0) is 12.5 Å². The molecule has 0 bridgehead atoms. The molecule has 0 fully saturated rings. The van der Waals surface area contributed by atoms with Crippen LogP contribution in [-0.4, -0.2) is 35.4 Å². The van der Waals surface area contributed by atoms with Crippen LogP contribution >= 0.6 is 0 Å². The Labute approximate surface area is 125 Å². The van der Waals surface area contributed by atoms with Gasteiger partial charge in [-0.1, -0.05) is 39.0 Å². The Morgan fingerprint density at radius 1 is 1.38 bits per heavy atom. The second kappa shape index (κ2) is 8.36. The van der Waals surface area contributed by atoms with Crippen molar-refractivity contribution >= 4 is 11.6 Å². The first-order chi connectivity index (χ1) is 9.93. The lowest BCUT2D eigenvalue weighted by Gasteiger charge is -2.20. The van der Waals surface area contributed by atoms with Gasteiger partial charge in [-0.3, -0.25) is 19.8 Å². The van der Waals surface area contributed by atoms with E-state index in [4.69, 9.17) is 0 Å². The molecular weight excluding hydrogens is 270 g/mol. The van der Waals surface area contributed by atoms with Gasteiger partial charge in [-0.2, -0.15) is 0 Å². The molecule has 0 heterocycles. The van der Waals surface area contributed by atoms with Gasteiger partial charge in [0.05, 0.1) is 11.5 Å². The average molecular weight is 293 g/mol. The summed E-state index contributed by atoms with van der Waals surface area (Å²) in [6, 6.07) is 6.64. The normalized spacial score (nSPS) is 10.9. The van der Waals surface area contributed by atoms with Crippen molar-refractivity contribution in [2.75, 3.05) is 19.6 Å². The zero-order chi connectivity index (χ0) is 15.8. The van der Waals surface area contributed by atoms with E-state index in [0.29, 0.717) is 31.1 Å². The Kier molecular flexibility index (Phi) is 6.81. The molecule has 21 heavy (non-hydrogen) atoms. The number of nitrogens with zero attached hydrogens (tertiary/aromatic N) is 2. The molecule has 1 rings (SSSR count). The molecule has 0 atom stereocenters. The number of nitro benzene ring substituents is 1. The summed E-state index contributed by atoms with van der Waals surface area (Å²) in [6.45, 7) is 7.93. The quantitative estimate of drug-likeness (QED) is 0.589. The highest BCUT2D eigenvalue weighted by Gasteiger charge is 2.16. The molecule has 0 radical (unpaired) electrons. The lowest BCUT2D eigenvalue weighted by molar-refractivity contribution is -0.385. The van der Waals surface area contributed by atoms with Gasteiger partial charge in [0.2, 0.25) is 5.91 Å². The van der Waals surface area contributed by atoms with Gasteiger partial charge in [-0.15, -0.1) is 0 Å². The van der Waals surface area contributed by atoms with Crippen LogP contribution in [0.15, 0.2) is 24.3 Å². The Morgan fingerprint density at radius 2 is 2.05 bits per heavy atom. The molecule has 1 N–H and O–H groups in total. The van der Waals surface area contributed by atoms with Crippen molar-refractivity contribution in [3.8, 4) is 0 Å². The smallest absolute Gasteiger partial charge is 0.273 e. The first-order valence-corrected chi connectivity index (χ1v) is 7.15. The van der Waals surface area contributed by atoms with E-state index < -0.39 is 0 Å². The number of rotatable bonds is 8. The highest BCUT2D eigenvalue weighted by Crippen LogP contribution is 2.19. The lowest BCUT2D eigenvalue weighted by Crippen LogP contribution is -2.38. The van der Waals surface area contributed by atoms with E-state index in [9.17, 15) is 14.9 Å². The van der Waals surface area contributed by atoms with Gasteiger partial charge in [0, 0.05) is 24.7 Å². The number of amides is 1. The molecule has 6 nitrogen and oxygen atoms in total. The van der Waals surface area contributed by atoms with Gasteiger partial charge < -0.3 is 5.32 Å². The third kappa shape index (κ3) is 5.91. The summed E-state index contributed by atoms with van der Waals surface area (Å²) in [5.41, 5.74) is 0.722. The molecule has 0 aliphatic rings. The van der Waals surface area contributed by atoms with Crippen LogP contribution in [0.3, 0.4) is 0 Å². The highest BCUT2D eigenvalue weighted by molar-refractivity contribution is 5.78. The van der Waals surface area contributed by atoms with Crippen LogP contribution < -0.4 is 5.32 Å². The third-order valence-corrected chi connectivity index (χ3v) is 3.10. The number of carbonyl (C=O) groups excluding carboxylic acids is 1. The van der Waals surface area contributed by atoms with Crippen LogP contribution in [0, 0.1) is 16.0 Å². The minimum Gasteiger partial charge on any atom is -0.355 e. The zero-order valence-electron chi connectivity index (χ0n) is 12.8. The Bertz CT molecular complexity index is 489. The molecule has 1 amide bonds. The van der Waals surface area contributed by atoms with Crippen LogP contribution in [0.5, 0.6) is 0 Å². The third-order valence-electron chi connectivity index (χ3n) is 3.10. The minimum atomic E-state index is -0.387.